The van der Waals surface area contributed by atoms with Crippen LogP contribution in [0.25, 0.3) is 0 Å². The summed E-state index contributed by atoms with van der Waals surface area (Å²) in [6.07, 6.45) is 0.794. The van der Waals surface area contributed by atoms with Gasteiger partial charge in [0, 0.05) is 62.0 Å². The predicted molar refractivity (Wildman–Crippen MR) is 106 cm³/mol. The van der Waals surface area contributed by atoms with Gasteiger partial charge in [-0.15, -0.1) is 0 Å². The first kappa shape index (κ1) is 21.3. The lowest BCUT2D eigenvalue weighted by Crippen LogP contribution is -2.54. The fourth-order valence-corrected chi connectivity index (χ4v) is 3.94. The van der Waals surface area contributed by atoms with Gasteiger partial charge in [-0.05, 0) is 17.9 Å². The fourth-order valence-electron chi connectivity index (χ4n) is 3.71. The molecule has 0 unspecified atom stereocenters. The number of rotatable bonds is 7. The zero-order valence-corrected chi connectivity index (χ0v) is 17.5. The molecule has 1 aliphatic heterocycles. The minimum atomic E-state index is 0.216. The Bertz CT molecular complexity index is 589. The van der Waals surface area contributed by atoms with Crippen LogP contribution in [0, 0.1) is 5.41 Å². The molecule has 1 aromatic carbocycles. The van der Waals surface area contributed by atoms with Gasteiger partial charge < -0.3 is 14.6 Å². The molecule has 0 saturated carbocycles. The third-order valence-corrected chi connectivity index (χ3v) is 4.96. The highest BCUT2D eigenvalue weighted by Gasteiger charge is 2.30. The zero-order valence-electron chi connectivity index (χ0n) is 16.7. The third kappa shape index (κ3) is 5.74. The lowest BCUT2D eigenvalue weighted by Gasteiger charge is -2.44. The summed E-state index contributed by atoms with van der Waals surface area (Å²) in [6.45, 7) is 11.7. The highest BCUT2D eigenvalue weighted by atomic mass is 35.5. The number of halogens is 1. The average Bonchev–Trinajstić information content (AvgIpc) is 2.55. The molecule has 0 spiro atoms. The van der Waals surface area contributed by atoms with E-state index in [-0.39, 0.29) is 12.0 Å². The van der Waals surface area contributed by atoms with E-state index in [0.717, 1.165) is 50.5 Å². The Balaban J connectivity index is 2.13. The van der Waals surface area contributed by atoms with E-state index in [2.05, 4.69) is 30.6 Å². The SMILES string of the molecule is COc1cc(Cl)cc(CN2CCN(CC(C)(C)C)[C@H](CCO)C2)c1OC. The standard InChI is InChI=1S/C20H33ClN2O3/c1-20(2,3)14-23-8-7-22(13-17(23)6-9-24)12-15-10-16(21)11-18(25-4)19(15)26-5/h10-11,17,24H,6-9,12-14H2,1-5H3/t17-/m1/s1. The van der Waals surface area contributed by atoms with Gasteiger partial charge in [0.15, 0.2) is 11.5 Å². The first-order chi connectivity index (χ1) is 12.3. The molecule has 2 rings (SSSR count). The molecule has 0 bridgehead atoms. The second-order valence-electron chi connectivity index (χ2n) is 8.23. The summed E-state index contributed by atoms with van der Waals surface area (Å²) in [5.74, 6) is 1.40. The lowest BCUT2D eigenvalue weighted by molar-refractivity contribution is 0.0337. The van der Waals surface area contributed by atoms with Crippen molar-refractivity contribution in [3.63, 3.8) is 0 Å². The molecular weight excluding hydrogens is 352 g/mol. The van der Waals surface area contributed by atoms with Crippen molar-refractivity contribution >= 4 is 11.6 Å². The highest BCUT2D eigenvalue weighted by molar-refractivity contribution is 6.30. The Morgan fingerprint density at radius 3 is 2.50 bits per heavy atom. The van der Waals surface area contributed by atoms with Crippen molar-refractivity contribution in [3.8, 4) is 11.5 Å². The first-order valence-electron chi connectivity index (χ1n) is 9.25. The minimum absolute atomic E-state index is 0.216. The summed E-state index contributed by atoms with van der Waals surface area (Å²) >= 11 is 6.25. The average molecular weight is 385 g/mol. The van der Waals surface area contributed by atoms with E-state index in [1.807, 2.05) is 6.07 Å². The molecule has 1 saturated heterocycles. The Labute approximate surface area is 162 Å². The summed E-state index contributed by atoms with van der Waals surface area (Å²) in [5.41, 5.74) is 1.28. The van der Waals surface area contributed by atoms with Crippen LogP contribution in [0.15, 0.2) is 12.1 Å². The van der Waals surface area contributed by atoms with Crippen molar-refractivity contribution in [2.45, 2.75) is 39.8 Å². The number of aliphatic hydroxyl groups is 1. The molecule has 5 nitrogen and oxygen atoms in total. The monoisotopic (exact) mass is 384 g/mol. The summed E-state index contributed by atoms with van der Waals surface area (Å²) in [5, 5.41) is 10.1. The Morgan fingerprint density at radius 2 is 1.92 bits per heavy atom. The molecule has 6 heteroatoms. The molecule has 1 fully saturated rings. The van der Waals surface area contributed by atoms with Crippen LogP contribution >= 0.6 is 11.6 Å². The zero-order chi connectivity index (χ0) is 19.3. The van der Waals surface area contributed by atoms with Gasteiger partial charge in [0.2, 0.25) is 0 Å². The molecule has 0 aromatic heterocycles. The van der Waals surface area contributed by atoms with E-state index in [1.54, 1.807) is 20.3 Å². The molecule has 0 amide bonds. The van der Waals surface area contributed by atoms with E-state index in [4.69, 9.17) is 21.1 Å². The van der Waals surface area contributed by atoms with Crippen molar-refractivity contribution in [1.29, 1.82) is 0 Å². The number of aliphatic hydroxyl groups excluding tert-OH is 1. The van der Waals surface area contributed by atoms with Gasteiger partial charge in [-0.1, -0.05) is 32.4 Å². The van der Waals surface area contributed by atoms with Gasteiger partial charge in [-0.2, -0.15) is 0 Å². The Hall–Kier alpha value is -1.01. The Morgan fingerprint density at radius 1 is 1.19 bits per heavy atom. The number of hydrogen-bond donors (Lipinski definition) is 1. The largest absolute Gasteiger partial charge is 0.493 e. The summed E-state index contributed by atoms with van der Waals surface area (Å²) in [4.78, 5) is 4.93. The van der Waals surface area contributed by atoms with Crippen LogP contribution in [0.1, 0.15) is 32.8 Å². The quantitative estimate of drug-likeness (QED) is 0.781. The van der Waals surface area contributed by atoms with Crippen molar-refractivity contribution < 1.29 is 14.6 Å². The number of benzene rings is 1. The van der Waals surface area contributed by atoms with E-state index < -0.39 is 0 Å². The van der Waals surface area contributed by atoms with E-state index in [1.165, 1.54) is 0 Å². The minimum Gasteiger partial charge on any atom is -0.493 e. The summed E-state index contributed by atoms with van der Waals surface area (Å²) in [7, 11) is 3.28. The van der Waals surface area contributed by atoms with Crippen molar-refractivity contribution in [3.05, 3.63) is 22.7 Å². The second-order valence-corrected chi connectivity index (χ2v) is 8.67. The molecule has 1 aromatic rings. The molecule has 0 radical (unpaired) electrons. The Kier molecular flexibility index (Phi) is 7.59. The molecule has 1 atom stereocenters. The lowest BCUT2D eigenvalue weighted by atomic mass is 9.94. The molecular formula is C20H33ClN2O3. The van der Waals surface area contributed by atoms with E-state index in [0.29, 0.717) is 16.8 Å². The third-order valence-electron chi connectivity index (χ3n) is 4.74. The van der Waals surface area contributed by atoms with Crippen molar-refractivity contribution in [1.82, 2.24) is 9.80 Å². The number of ether oxygens (including phenoxy) is 2. The van der Waals surface area contributed by atoms with Gasteiger partial charge in [0.05, 0.1) is 14.2 Å². The van der Waals surface area contributed by atoms with Crippen LogP contribution in [0.2, 0.25) is 5.02 Å². The van der Waals surface area contributed by atoms with Crippen LogP contribution in [0.5, 0.6) is 11.5 Å². The molecule has 1 heterocycles. The topological polar surface area (TPSA) is 45.2 Å². The van der Waals surface area contributed by atoms with Crippen molar-refractivity contribution in [2.75, 3.05) is 47.0 Å². The van der Waals surface area contributed by atoms with Gasteiger partial charge in [-0.25, -0.2) is 0 Å². The summed E-state index contributed by atoms with van der Waals surface area (Å²) in [6, 6.07) is 4.09. The van der Waals surface area contributed by atoms with E-state index >= 15 is 0 Å². The van der Waals surface area contributed by atoms with E-state index in [9.17, 15) is 5.11 Å². The fraction of sp³-hybridized carbons (Fsp3) is 0.700. The number of piperazine rings is 1. The molecule has 26 heavy (non-hydrogen) atoms. The van der Waals surface area contributed by atoms with Gasteiger partial charge in [0.25, 0.3) is 0 Å². The predicted octanol–water partition coefficient (Wildman–Crippen LogP) is 3.27. The highest BCUT2D eigenvalue weighted by Crippen LogP contribution is 2.35. The van der Waals surface area contributed by atoms with Gasteiger partial charge in [-0.3, -0.25) is 9.80 Å². The van der Waals surface area contributed by atoms with Crippen LogP contribution in [-0.2, 0) is 6.54 Å². The summed E-state index contributed by atoms with van der Waals surface area (Å²) < 4.78 is 11.0. The van der Waals surface area contributed by atoms with Crippen LogP contribution in [0.4, 0.5) is 0 Å². The maximum Gasteiger partial charge on any atom is 0.165 e. The van der Waals surface area contributed by atoms with Crippen molar-refractivity contribution in [2.24, 2.45) is 5.41 Å². The maximum atomic E-state index is 9.50. The van der Waals surface area contributed by atoms with Gasteiger partial charge in [0.1, 0.15) is 0 Å². The number of methoxy groups -OCH3 is 2. The normalized spacial score (nSPS) is 19.6. The first-order valence-corrected chi connectivity index (χ1v) is 9.63. The maximum absolute atomic E-state index is 9.50. The van der Waals surface area contributed by atoms with Crippen LogP contribution in [-0.4, -0.2) is 68.0 Å². The molecule has 148 valence electrons. The second kappa shape index (κ2) is 9.27. The van der Waals surface area contributed by atoms with Crippen LogP contribution < -0.4 is 9.47 Å². The smallest absolute Gasteiger partial charge is 0.165 e. The number of nitrogens with zero attached hydrogens (tertiary/aromatic N) is 2. The molecule has 1 N–H and O–H groups in total. The van der Waals surface area contributed by atoms with Crippen LogP contribution in [0.3, 0.4) is 0 Å². The van der Waals surface area contributed by atoms with Gasteiger partial charge >= 0.3 is 0 Å². The molecule has 1 aliphatic rings. The molecule has 0 aliphatic carbocycles. The number of hydrogen-bond acceptors (Lipinski definition) is 5.